The maximum absolute atomic E-state index is 4.54. The van der Waals surface area contributed by atoms with Crippen LogP contribution >= 0.6 is 0 Å². The van der Waals surface area contributed by atoms with E-state index in [-0.39, 0.29) is 5.41 Å². The Labute approximate surface area is 82.0 Å². The van der Waals surface area contributed by atoms with Crippen molar-refractivity contribution >= 4 is 6.21 Å². The largest absolute Gasteiger partial charge is 0.265 e. The molecule has 0 radical (unpaired) electrons. The summed E-state index contributed by atoms with van der Waals surface area (Å²) in [6.07, 6.45) is 5.59. The SMILES string of the molecule is CC(C)C1C=NC(C(C)(C)C)=CC1. The maximum Gasteiger partial charge on any atom is 0.0413 e. The zero-order valence-corrected chi connectivity index (χ0v) is 9.46. The lowest BCUT2D eigenvalue weighted by Gasteiger charge is -2.25. The molecule has 0 bridgehead atoms. The fourth-order valence-corrected chi connectivity index (χ4v) is 1.48. The van der Waals surface area contributed by atoms with Gasteiger partial charge in [0.2, 0.25) is 0 Å². The van der Waals surface area contributed by atoms with Crippen LogP contribution in [-0.2, 0) is 0 Å². The molecule has 0 spiro atoms. The van der Waals surface area contributed by atoms with Gasteiger partial charge in [0.1, 0.15) is 0 Å². The molecule has 0 aromatic carbocycles. The van der Waals surface area contributed by atoms with E-state index in [0.29, 0.717) is 11.8 Å². The third kappa shape index (κ3) is 2.68. The van der Waals surface area contributed by atoms with Crippen LogP contribution in [0.25, 0.3) is 0 Å². The van der Waals surface area contributed by atoms with Crippen molar-refractivity contribution in [2.75, 3.05) is 0 Å². The quantitative estimate of drug-likeness (QED) is 0.582. The van der Waals surface area contributed by atoms with Crippen LogP contribution in [0.4, 0.5) is 0 Å². The standard InChI is InChI=1S/C12H21N/c1-9(2)10-6-7-11(13-8-10)12(3,4)5/h7-10H,6H2,1-5H3. The lowest BCUT2D eigenvalue weighted by Crippen LogP contribution is -2.17. The summed E-state index contributed by atoms with van der Waals surface area (Å²) in [6, 6.07) is 0. The van der Waals surface area contributed by atoms with E-state index in [1.54, 1.807) is 0 Å². The second-order valence-corrected chi connectivity index (χ2v) is 5.26. The van der Waals surface area contributed by atoms with Gasteiger partial charge >= 0.3 is 0 Å². The first kappa shape index (κ1) is 10.5. The van der Waals surface area contributed by atoms with Gasteiger partial charge in [-0.2, -0.15) is 0 Å². The van der Waals surface area contributed by atoms with E-state index in [9.17, 15) is 0 Å². The highest BCUT2D eigenvalue weighted by atomic mass is 14.8. The van der Waals surface area contributed by atoms with Crippen molar-refractivity contribution in [3.63, 3.8) is 0 Å². The van der Waals surface area contributed by atoms with Gasteiger partial charge in [0.15, 0.2) is 0 Å². The molecule has 1 nitrogen and oxygen atoms in total. The van der Waals surface area contributed by atoms with Crippen LogP contribution in [-0.4, -0.2) is 6.21 Å². The number of hydrogen-bond donors (Lipinski definition) is 0. The molecule has 0 fully saturated rings. The average Bonchev–Trinajstić information content (AvgIpc) is 2.03. The fraction of sp³-hybridized carbons (Fsp3) is 0.750. The third-order valence-corrected chi connectivity index (χ3v) is 2.61. The molecule has 1 atom stereocenters. The summed E-state index contributed by atoms with van der Waals surface area (Å²) < 4.78 is 0. The van der Waals surface area contributed by atoms with Crippen LogP contribution in [0.2, 0.25) is 0 Å². The smallest absolute Gasteiger partial charge is 0.0413 e. The van der Waals surface area contributed by atoms with Gasteiger partial charge in [0.05, 0.1) is 0 Å². The molecule has 1 rings (SSSR count). The minimum absolute atomic E-state index is 0.207. The third-order valence-electron chi connectivity index (χ3n) is 2.61. The monoisotopic (exact) mass is 179 g/mol. The number of aliphatic imine (C=N–C) groups is 1. The average molecular weight is 179 g/mol. The number of rotatable bonds is 1. The highest BCUT2D eigenvalue weighted by molar-refractivity contribution is 5.64. The molecule has 1 heterocycles. The van der Waals surface area contributed by atoms with Gasteiger partial charge in [0, 0.05) is 23.2 Å². The molecule has 0 aromatic heterocycles. The summed E-state index contributed by atoms with van der Waals surface area (Å²) >= 11 is 0. The molecular weight excluding hydrogens is 158 g/mol. The van der Waals surface area contributed by atoms with E-state index < -0.39 is 0 Å². The second-order valence-electron chi connectivity index (χ2n) is 5.26. The van der Waals surface area contributed by atoms with Crippen molar-refractivity contribution in [3.8, 4) is 0 Å². The van der Waals surface area contributed by atoms with Crippen molar-refractivity contribution in [3.05, 3.63) is 11.8 Å². The zero-order chi connectivity index (χ0) is 10.1. The van der Waals surface area contributed by atoms with Crippen molar-refractivity contribution in [2.24, 2.45) is 22.2 Å². The fourth-order valence-electron chi connectivity index (χ4n) is 1.48. The van der Waals surface area contributed by atoms with Crippen LogP contribution in [0, 0.1) is 17.3 Å². The Morgan fingerprint density at radius 1 is 1.38 bits per heavy atom. The van der Waals surface area contributed by atoms with E-state index in [1.165, 1.54) is 5.70 Å². The van der Waals surface area contributed by atoms with Gasteiger partial charge in [-0.05, 0) is 12.3 Å². The lowest BCUT2D eigenvalue weighted by atomic mass is 9.86. The summed E-state index contributed by atoms with van der Waals surface area (Å²) in [4.78, 5) is 4.54. The highest BCUT2D eigenvalue weighted by Crippen LogP contribution is 2.30. The molecule has 1 heteroatoms. The Morgan fingerprint density at radius 3 is 2.31 bits per heavy atom. The summed E-state index contributed by atoms with van der Waals surface area (Å²) in [6.45, 7) is 11.2. The summed E-state index contributed by atoms with van der Waals surface area (Å²) in [5, 5.41) is 0. The van der Waals surface area contributed by atoms with Crippen molar-refractivity contribution in [2.45, 2.75) is 41.0 Å². The first-order valence-corrected chi connectivity index (χ1v) is 5.16. The van der Waals surface area contributed by atoms with Gasteiger partial charge in [-0.3, -0.25) is 4.99 Å². The normalized spacial score (nSPS) is 23.5. The summed E-state index contributed by atoms with van der Waals surface area (Å²) in [5.41, 5.74) is 1.45. The minimum Gasteiger partial charge on any atom is -0.265 e. The van der Waals surface area contributed by atoms with Gasteiger partial charge in [-0.1, -0.05) is 40.7 Å². The van der Waals surface area contributed by atoms with E-state index in [1.807, 2.05) is 0 Å². The Balaban J connectivity index is 2.66. The van der Waals surface area contributed by atoms with E-state index in [4.69, 9.17) is 0 Å². The first-order valence-electron chi connectivity index (χ1n) is 5.16. The molecular formula is C12H21N. The molecule has 0 saturated carbocycles. The Bertz CT molecular complexity index is 228. The van der Waals surface area contributed by atoms with E-state index >= 15 is 0 Å². The Kier molecular flexibility index (Phi) is 2.94. The van der Waals surface area contributed by atoms with Crippen LogP contribution in [0.3, 0.4) is 0 Å². The maximum atomic E-state index is 4.54. The predicted octanol–water partition coefficient (Wildman–Crippen LogP) is 3.66. The van der Waals surface area contributed by atoms with Crippen LogP contribution in [0.1, 0.15) is 41.0 Å². The first-order chi connectivity index (χ1) is 5.91. The topological polar surface area (TPSA) is 12.4 Å². The van der Waals surface area contributed by atoms with Gasteiger partial charge in [-0.25, -0.2) is 0 Å². The summed E-state index contributed by atoms with van der Waals surface area (Å²) in [5.74, 6) is 1.35. The molecule has 0 saturated heterocycles. The summed E-state index contributed by atoms with van der Waals surface area (Å²) in [7, 11) is 0. The van der Waals surface area contributed by atoms with Crippen molar-refractivity contribution in [1.29, 1.82) is 0 Å². The van der Waals surface area contributed by atoms with E-state index in [2.05, 4.69) is 51.9 Å². The van der Waals surface area contributed by atoms with Gasteiger partial charge in [0.25, 0.3) is 0 Å². The Morgan fingerprint density at radius 2 is 2.00 bits per heavy atom. The second kappa shape index (κ2) is 3.65. The van der Waals surface area contributed by atoms with Gasteiger partial charge < -0.3 is 0 Å². The van der Waals surface area contributed by atoms with E-state index in [0.717, 1.165) is 6.42 Å². The zero-order valence-electron chi connectivity index (χ0n) is 9.46. The molecule has 0 amide bonds. The highest BCUT2D eigenvalue weighted by Gasteiger charge is 2.20. The minimum atomic E-state index is 0.207. The molecule has 0 aliphatic carbocycles. The number of nitrogens with zero attached hydrogens (tertiary/aromatic N) is 1. The Hall–Kier alpha value is -0.590. The molecule has 0 N–H and O–H groups in total. The number of allylic oxidation sites excluding steroid dienone is 2. The van der Waals surface area contributed by atoms with Crippen molar-refractivity contribution < 1.29 is 0 Å². The molecule has 1 aliphatic rings. The molecule has 1 aliphatic heterocycles. The van der Waals surface area contributed by atoms with Gasteiger partial charge in [-0.15, -0.1) is 0 Å². The lowest BCUT2D eigenvalue weighted by molar-refractivity contribution is 0.463. The molecule has 74 valence electrons. The molecule has 1 unspecified atom stereocenters. The van der Waals surface area contributed by atoms with Crippen LogP contribution in [0.5, 0.6) is 0 Å². The van der Waals surface area contributed by atoms with Crippen LogP contribution in [0.15, 0.2) is 16.8 Å². The van der Waals surface area contributed by atoms with Crippen molar-refractivity contribution in [1.82, 2.24) is 0 Å². The predicted molar refractivity (Wildman–Crippen MR) is 59.0 cm³/mol. The number of hydrogen-bond acceptors (Lipinski definition) is 1. The molecule has 0 aromatic rings. The molecule has 13 heavy (non-hydrogen) atoms. The van der Waals surface area contributed by atoms with Crippen LogP contribution < -0.4 is 0 Å².